The normalized spacial score (nSPS) is 10.6. The van der Waals surface area contributed by atoms with E-state index >= 15 is 0 Å². The van der Waals surface area contributed by atoms with Gasteiger partial charge in [-0.15, -0.1) is 24.8 Å². The minimum Gasteiger partial charge on any atom is -0.489 e. The Balaban J connectivity index is 0.00000240. The fourth-order valence-electron chi connectivity index (χ4n) is 3.66. The largest absolute Gasteiger partial charge is 0.489 e. The molecule has 3 rings (SSSR count). The number of nitrogens with one attached hydrogen (secondary N) is 1. The molecule has 31 heavy (non-hydrogen) atoms. The molecule has 170 valence electrons. The summed E-state index contributed by atoms with van der Waals surface area (Å²) in [5, 5.41) is 6.16. The van der Waals surface area contributed by atoms with Crippen LogP contribution in [-0.2, 0) is 13.2 Å². The van der Waals surface area contributed by atoms with Crippen LogP contribution < -0.4 is 10.1 Å². The van der Waals surface area contributed by atoms with Gasteiger partial charge >= 0.3 is 0 Å². The highest BCUT2D eigenvalue weighted by Gasteiger charge is 2.09. The van der Waals surface area contributed by atoms with Crippen LogP contribution in [0.1, 0.15) is 37.0 Å². The molecule has 0 spiro atoms. The van der Waals surface area contributed by atoms with Crippen LogP contribution in [0.15, 0.2) is 60.7 Å². The molecule has 0 saturated heterocycles. The van der Waals surface area contributed by atoms with Crippen LogP contribution in [0.25, 0.3) is 10.8 Å². The van der Waals surface area contributed by atoms with Crippen molar-refractivity contribution in [1.82, 2.24) is 10.2 Å². The molecular formula is C26H36Cl2N2O. The number of hydrogen-bond donors (Lipinski definition) is 1. The van der Waals surface area contributed by atoms with E-state index in [1.54, 1.807) is 0 Å². The third kappa shape index (κ3) is 8.01. The van der Waals surface area contributed by atoms with Crippen molar-refractivity contribution in [2.75, 3.05) is 26.2 Å². The molecule has 0 aliphatic carbocycles. The first kappa shape index (κ1) is 27.3. The quantitative estimate of drug-likeness (QED) is 0.334. The monoisotopic (exact) mass is 462 g/mol. The summed E-state index contributed by atoms with van der Waals surface area (Å²) in [4.78, 5) is 2.47. The third-order valence-electron chi connectivity index (χ3n) is 5.54. The Morgan fingerprint density at radius 1 is 0.871 bits per heavy atom. The van der Waals surface area contributed by atoms with Gasteiger partial charge in [-0.3, -0.25) is 0 Å². The topological polar surface area (TPSA) is 24.5 Å². The molecule has 0 atom stereocenters. The first-order valence-electron chi connectivity index (χ1n) is 10.8. The summed E-state index contributed by atoms with van der Waals surface area (Å²) in [6.45, 7) is 12.4. The highest BCUT2D eigenvalue weighted by Crippen LogP contribution is 2.28. The molecule has 0 aromatic heterocycles. The van der Waals surface area contributed by atoms with Crippen molar-refractivity contribution in [1.29, 1.82) is 0 Å². The van der Waals surface area contributed by atoms with Gasteiger partial charge in [0, 0.05) is 12.1 Å². The van der Waals surface area contributed by atoms with Gasteiger partial charge in [0.25, 0.3) is 0 Å². The first-order chi connectivity index (χ1) is 14.2. The summed E-state index contributed by atoms with van der Waals surface area (Å²) in [6, 6.07) is 21.4. The molecule has 3 nitrogen and oxygen atoms in total. The van der Waals surface area contributed by atoms with Crippen LogP contribution in [0.4, 0.5) is 0 Å². The predicted octanol–water partition coefficient (Wildman–Crippen LogP) is 6.39. The molecule has 0 aliphatic rings. The lowest BCUT2D eigenvalue weighted by atomic mass is 10.0. The van der Waals surface area contributed by atoms with Crippen LogP contribution in [-0.4, -0.2) is 31.1 Å². The lowest BCUT2D eigenvalue weighted by molar-refractivity contribution is 0.296. The van der Waals surface area contributed by atoms with Crippen LogP contribution >= 0.6 is 24.8 Å². The van der Waals surface area contributed by atoms with Gasteiger partial charge in [-0.25, -0.2) is 0 Å². The van der Waals surface area contributed by atoms with E-state index in [2.05, 4.69) is 91.7 Å². The van der Waals surface area contributed by atoms with E-state index in [0.29, 0.717) is 6.61 Å². The Kier molecular flexibility index (Phi) is 12.6. The summed E-state index contributed by atoms with van der Waals surface area (Å²) < 4.78 is 6.25. The number of aryl methyl sites for hydroxylation is 1. The zero-order chi connectivity index (χ0) is 20.5. The Morgan fingerprint density at radius 3 is 2.29 bits per heavy atom. The van der Waals surface area contributed by atoms with Crippen LogP contribution in [0.5, 0.6) is 5.75 Å². The highest BCUT2D eigenvalue weighted by molar-refractivity contribution is 5.87. The molecule has 0 bridgehead atoms. The van der Waals surface area contributed by atoms with Gasteiger partial charge in [-0.05, 0) is 61.9 Å². The van der Waals surface area contributed by atoms with E-state index in [1.807, 2.05) is 0 Å². The predicted molar refractivity (Wildman–Crippen MR) is 138 cm³/mol. The number of benzene rings is 3. The van der Waals surface area contributed by atoms with Gasteiger partial charge in [0.05, 0.1) is 0 Å². The maximum atomic E-state index is 6.25. The lowest BCUT2D eigenvalue weighted by Gasteiger charge is -2.18. The minimum atomic E-state index is 0. The van der Waals surface area contributed by atoms with Gasteiger partial charge in [-0.1, -0.05) is 74.0 Å². The first-order valence-corrected chi connectivity index (χ1v) is 10.8. The molecule has 3 aromatic carbocycles. The third-order valence-corrected chi connectivity index (χ3v) is 5.54. The highest BCUT2D eigenvalue weighted by atomic mass is 35.5. The molecule has 3 aromatic rings. The number of ether oxygens (including phenoxy) is 1. The van der Waals surface area contributed by atoms with Crippen molar-refractivity contribution >= 4 is 35.6 Å². The van der Waals surface area contributed by atoms with E-state index < -0.39 is 0 Å². The molecule has 5 heteroatoms. The molecular weight excluding hydrogens is 427 g/mol. The van der Waals surface area contributed by atoms with Crippen molar-refractivity contribution in [3.8, 4) is 5.75 Å². The van der Waals surface area contributed by atoms with Gasteiger partial charge in [0.2, 0.25) is 0 Å². The van der Waals surface area contributed by atoms with E-state index in [1.165, 1.54) is 27.5 Å². The van der Waals surface area contributed by atoms with E-state index in [9.17, 15) is 0 Å². The van der Waals surface area contributed by atoms with Crippen molar-refractivity contribution < 1.29 is 4.74 Å². The maximum absolute atomic E-state index is 6.25. The second kappa shape index (κ2) is 14.3. The fourth-order valence-corrected chi connectivity index (χ4v) is 3.66. The SMILES string of the molecule is CCN(CC)CCCNCc1c(OCc2ccc(C)cc2)ccc2ccccc12.Cl.Cl. The van der Waals surface area contributed by atoms with Crippen molar-refractivity contribution in [2.45, 2.75) is 40.3 Å². The smallest absolute Gasteiger partial charge is 0.124 e. The molecule has 0 heterocycles. The van der Waals surface area contributed by atoms with E-state index in [-0.39, 0.29) is 24.8 Å². The zero-order valence-electron chi connectivity index (χ0n) is 18.9. The molecule has 0 unspecified atom stereocenters. The Morgan fingerprint density at radius 2 is 1.58 bits per heavy atom. The average Bonchev–Trinajstić information content (AvgIpc) is 2.76. The minimum absolute atomic E-state index is 0. The zero-order valence-corrected chi connectivity index (χ0v) is 20.5. The summed E-state index contributed by atoms with van der Waals surface area (Å²) >= 11 is 0. The summed E-state index contributed by atoms with van der Waals surface area (Å²) in [5.74, 6) is 0.973. The second-order valence-corrected chi connectivity index (χ2v) is 7.59. The van der Waals surface area contributed by atoms with E-state index in [4.69, 9.17) is 4.74 Å². The standard InChI is InChI=1S/C26H34N2O.2ClH/c1-4-28(5-2)18-8-17-27-19-25-24-10-7-6-9-23(24)15-16-26(25)29-20-22-13-11-21(3)12-14-22;;/h6-7,9-16,27H,4-5,8,17-20H2,1-3H3;2*1H. The average molecular weight is 463 g/mol. The van der Waals surface area contributed by atoms with Crippen molar-refractivity contribution in [3.05, 3.63) is 77.4 Å². The number of hydrogen-bond acceptors (Lipinski definition) is 3. The number of rotatable bonds is 11. The number of fused-ring (bicyclic) bond motifs is 1. The van der Waals surface area contributed by atoms with Crippen molar-refractivity contribution in [2.24, 2.45) is 0 Å². The fraction of sp³-hybridized carbons (Fsp3) is 0.385. The van der Waals surface area contributed by atoms with Gasteiger partial charge < -0.3 is 15.0 Å². The molecule has 0 saturated carbocycles. The Hall–Kier alpha value is -1.78. The summed E-state index contributed by atoms with van der Waals surface area (Å²) in [6.07, 6.45) is 1.16. The maximum Gasteiger partial charge on any atom is 0.124 e. The Labute approximate surface area is 200 Å². The van der Waals surface area contributed by atoms with Gasteiger partial charge in [0.1, 0.15) is 12.4 Å². The second-order valence-electron chi connectivity index (χ2n) is 7.59. The summed E-state index contributed by atoms with van der Waals surface area (Å²) in [7, 11) is 0. The molecule has 0 radical (unpaired) electrons. The molecule has 1 N–H and O–H groups in total. The van der Waals surface area contributed by atoms with Crippen molar-refractivity contribution in [3.63, 3.8) is 0 Å². The molecule has 0 amide bonds. The Bertz CT molecular complexity index is 896. The summed E-state index contributed by atoms with van der Waals surface area (Å²) in [5.41, 5.74) is 3.72. The van der Waals surface area contributed by atoms with Crippen LogP contribution in [0.3, 0.4) is 0 Å². The molecule has 0 aliphatic heterocycles. The van der Waals surface area contributed by atoms with E-state index in [0.717, 1.165) is 44.9 Å². The number of halogens is 2. The number of nitrogens with zero attached hydrogens (tertiary/aromatic N) is 1. The van der Waals surface area contributed by atoms with Gasteiger partial charge in [0.15, 0.2) is 0 Å². The van der Waals surface area contributed by atoms with Gasteiger partial charge in [-0.2, -0.15) is 0 Å². The molecule has 0 fully saturated rings. The lowest BCUT2D eigenvalue weighted by Crippen LogP contribution is -2.27. The van der Waals surface area contributed by atoms with Crippen LogP contribution in [0, 0.1) is 6.92 Å². The van der Waals surface area contributed by atoms with Crippen LogP contribution in [0.2, 0.25) is 0 Å².